The Hall–Kier alpha value is -6.44. The molecule has 0 aliphatic heterocycles. The number of thiocarbonyl (C=S) groups is 6. The molecule has 0 amide bonds. The van der Waals surface area contributed by atoms with E-state index in [1.54, 1.807) is 25.1 Å². The van der Waals surface area contributed by atoms with Gasteiger partial charge < -0.3 is 71.3 Å². The summed E-state index contributed by atoms with van der Waals surface area (Å²) in [7, 11) is 0. The molecule has 0 aromatic carbocycles. The number of carbonyl (C=O) groups excluding carboxylic acids is 6. The highest BCUT2D eigenvalue weighted by molar-refractivity contribution is 8.15. The van der Waals surface area contributed by atoms with Crippen molar-refractivity contribution in [3.8, 4) is 0 Å². The second kappa shape index (κ2) is 67.2. The van der Waals surface area contributed by atoms with Gasteiger partial charge in [0.15, 0.2) is 52.8 Å². The molecular weight excluding hydrogens is 2000 g/mol. The summed E-state index contributed by atoms with van der Waals surface area (Å²) in [5.41, 5.74) is -5.94. The largest absolute Gasteiger partial charge is 0.481 e. The number of ether oxygens (including phenoxy) is 10. The van der Waals surface area contributed by atoms with Crippen LogP contribution in [0.1, 0.15) is 234 Å². The molecule has 137 heavy (non-hydrogen) atoms. The number of aromatic nitrogens is 6. The molecule has 45 heteroatoms. The smallest absolute Gasteiger partial charge is 0.336 e. The summed E-state index contributed by atoms with van der Waals surface area (Å²) in [4.78, 5) is 168. The standard InChI is InChI=1S/C49H78N4O11S6.C43H54N4O14S6/c1-4-24-50-46(67)64-40(34-70-45(56)37-21-14-9-15-22-37)31-53-48(58)51(29-38(62-41(65)6-3)32-68-43(54)35-17-10-7-11-18-35)47(57)52(49(53)59)30-39(33-69-44(55)36-19-12-8-13-20-36)63-42(66)23-16-26-61-28-27-60-25-5-2;1-4-15-44-40(64)61-31(28-67-39(50)34-13-9-20-58-34)25-47-42(52)45(23-29(59-35(62)6-3)26-65-37(48)32-11-7-18-56-32)41(51)46(43(47)53)24-30(27-66-38(49)33-12-8-19-57-33)60-36(63)14-10-17-55-22-21-54-16-5-2/h35-40H,4-34H2,1-3H3,(H,50,67);7-9,11-13,18-20,29-31H,4-6,10,14-17,21-28H2,1-3H3,(H,44,64). The number of nitrogens with one attached hydrogen (secondary N) is 2. The second-order valence-corrected chi connectivity index (χ2v) is 41.3. The third kappa shape index (κ3) is 43.3. The number of rotatable bonds is 60. The van der Waals surface area contributed by atoms with Gasteiger partial charge in [0, 0.05) is 117 Å². The van der Waals surface area contributed by atoms with E-state index < -0.39 is 106 Å². The molecule has 6 unspecified atom stereocenters. The van der Waals surface area contributed by atoms with E-state index in [1.165, 1.54) is 37.0 Å². The van der Waals surface area contributed by atoms with Gasteiger partial charge in [0.1, 0.15) is 36.6 Å². The third-order valence-corrected chi connectivity index (χ3v) is 30.0. The van der Waals surface area contributed by atoms with Crippen LogP contribution in [0, 0.1) is 17.8 Å². The first kappa shape index (κ1) is 118. The maximum Gasteiger partial charge on any atom is 0.336 e. The predicted octanol–water partition coefficient (Wildman–Crippen LogP) is 14.8. The van der Waals surface area contributed by atoms with Crippen molar-refractivity contribution in [3.63, 3.8) is 0 Å². The quantitative estimate of drug-likeness (QED) is 0.0270. The minimum Gasteiger partial charge on any atom is -0.481 e. The molecule has 0 saturated heterocycles. The number of carbonyl (C=O) groups is 6. The van der Waals surface area contributed by atoms with E-state index in [-0.39, 0.29) is 142 Å². The minimum absolute atomic E-state index is 0.0198. The Labute approximate surface area is 857 Å². The first-order chi connectivity index (χ1) is 66.2. The van der Waals surface area contributed by atoms with E-state index in [0.29, 0.717) is 104 Å². The average Bonchev–Trinajstić information content (AvgIpc) is 1.62. The van der Waals surface area contributed by atoms with Crippen LogP contribution in [0.25, 0.3) is 0 Å². The Kier molecular flexibility index (Phi) is 57.6. The summed E-state index contributed by atoms with van der Waals surface area (Å²) in [6.07, 6.45) is 17.6. The zero-order valence-electron chi connectivity index (χ0n) is 78.9. The molecule has 762 valence electrons. The van der Waals surface area contributed by atoms with Gasteiger partial charge in [-0.15, -0.1) is 0 Å². The fourth-order valence-electron chi connectivity index (χ4n) is 14.5. The normalized spacial score (nSPS) is 15.0. The number of furan rings is 3. The van der Waals surface area contributed by atoms with Gasteiger partial charge in [0.2, 0.25) is 0 Å². The molecule has 5 aromatic rings. The number of thioether (sulfide) groups is 6. The topological polar surface area (TPSA) is 390 Å². The Morgan fingerprint density at radius 3 is 0.825 bits per heavy atom. The van der Waals surface area contributed by atoms with E-state index in [9.17, 15) is 57.5 Å². The van der Waals surface area contributed by atoms with E-state index in [1.807, 2.05) is 34.6 Å². The average molecular weight is 2130 g/mol. The van der Waals surface area contributed by atoms with Crippen molar-refractivity contribution < 1.29 is 89.4 Å². The van der Waals surface area contributed by atoms with Crippen molar-refractivity contribution in [2.24, 2.45) is 17.8 Å². The van der Waals surface area contributed by atoms with Crippen LogP contribution in [-0.2, 0) is 101 Å². The van der Waals surface area contributed by atoms with E-state index in [4.69, 9.17) is 134 Å². The third-order valence-electron chi connectivity index (χ3n) is 21.6. The van der Waals surface area contributed by atoms with Crippen LogP contribution in [0.5, 0.6) is 0 Å². The van der Waals surface area contributed by atoms with Gasteiger partial charge in [-0.3, -0.25) is 28.8 Å². The van der Waals surface area contributed by atoms with Crippen molar-refractivity contribution in [2.75, 3.05) is 100 Å². The summed E-state index contributed by atoms with van der Waals surface area (Å²) in [5.74, 6) is -0.0753. The highest BCUT2D eigenvalue weighted by Gasteiger charge is 2.34. The number of nitrogens with zero attached hydrogens (tertiary/aromatic N) is 6. The number of hydrogen-bond acceptors (Lipinski definition) is 37. The molecule has 0 radical (unpaired) electrons. The van der Waals surface area contributed by atoms with Crippen LogP contribution in [0.3, 0.4) is 0 Å². The highest BCUT2D eigenvalue weighted by atomic mass is 32.2. The molecule has 5 heterocycles. The Balaban J connectivity index is 0.000000374. The van der Waals surface area contributed by atoms with Gasteiger partial charge in [-0.2, -0.15) is 0 Å². The zero-order valence-corrected chi connectivity index (χ0v) is 88.7. The molecule has 3 aliphatic rings. The fourth-order valence-corrected chi connectivity index (χ4v) is 21.1. The van der Waals surface area contributed by atoms with Crippen LogP contribution in [0.2, 0.25) is 0 Å². The van der Waals surface area contributed by atoms with Crippen molar-refractivity contribution in [3.05, 3.63) is 135 Å². The van der Waals surface area contributed by atoms with Crippen molar-refractivity contribution in [1.82, 2.24) is 38.0 Å². The molecule has 6 atom stereocenters. The Morgan fingerprint density at radius 2 is 0.584 bits per heavy atom. The molecule has 3 fully saturated rings. The molecule has 0 spiro atoms. The second-order valence-electron chi connectivity index (χ2n) is 32.7. The summed E-state index contributed by atoms with van der Waals surface area (Å²) < 4.78 is 80.2. The summed E-state index contributed by atoms with van der Waals surface area (Å²) in [6, 6.07) is 9.15. The first-order valence-electron chi connectivity index (χ1n) is 47.2. The lowest BCUT2D eigenvalue weighted by atomic mass is 9.90. The lowest BCUT2D eigenvalue weighted by Crippen LogP contribution is -2.58. The van der Waals surface area contributed by atoms with Crippen LogP contribution in [0.15, 0.2) is 97.2 Å². The van der Waals surface area contributed by atoms with Crippen molar-refractivity contribution >= 4 is 205 Å². The molecule has 8 rings (SSSR count). The van der Waals surface area contributed by atoms with Crippen LogP contribution >= 0.6 is 144 Å². The summed E-state index contributed by atoms with van der Waals surface area (Å²) >= 11 is 38.9. The molecule has 33 nitrogen and oxygen atoms in total. The molecule has 5 aromatic heterocycles. The molecule has 2 N–H and O–H groups in total. The summed E-state index contributed by atoms with van der Waals surface area (Å²) in [5, 5.41) is 5.48. The molecule has 3 saturated carbocycles. The first-order valence-corrected chi connectivity index (χ1v) is 55.5. The van der Waals surface area contributed by atoms with Crippen molar-refractivity contribution in [2.45, 2.75) is 278 Å². The van der Waals surface area contributed by atoms with Gasteiger partial charge in [0.05, 0.1) is 84.5 Å². The molecular formula is C92H132N8O25S12. The minimum atomic E-state index is -1.09. The van der Waals surface area contributed by atoms with Crippen LogP contribution < -0.4 is 44.8 Å². The van der Waals surface area contributed by atoms with E-state index in [2.05, 4.69) is 10.6 Å². The maximum atomic E-state index is 14.8. The maximum absolute atomic E-state index is 14.8. The Bertz CT molecular complexity index is 4970. The monoisotopic (exact) mass is 2130 g/mol. The highest BCUT2D eigenvalue weighted by Crippen LogP contribution is 2.33. The van der Waals surface area contributed by atoms with E-state index in [0.717, 1.165) is 214 Å². The fraction of sp³-hybridized carbons (Fsp3) is 0.674. The lowest BCUT2D eigenvalue weighted by Gasteiger charge is -2.25. The number of hydrogen-bond donors (Lipinski definition) is 2. The van der Waals surface area contributed by atoms with Crippen LogP contribution in [0.4, 0.5) is 0 Å². The predicted molar refractivity (Wildman–Crippen MR) is 561 cm³/mol. The van der Waals surface area contributed by atoms with Gasteiger partial charge in [0.25, 0.3) is 25.7 Å². The van der Waals surface area contributed by atoms with Gasteiger partial charge in [-0.1, -0.05) is 170 Å². The SMILES string of the molecule is CCCNC(=S)OC(CSC(=O)C1CCCCC1)Cn1c(=O)n(CC(CSC(=O)C2CCCCC2)OC(=S)CC)c(=O)n(CC(CSC(=O)C2CCCCC2)OC(=S)CCCOCCOCCC)c1=O.CCCNC(=S)OC(CSC(=O)c1ccco1)Cn1c(=O)n(CC(CSC(=O)c2ccco2)OC(=S)CC)c(=O)n(CC(CSC(=O)c2ccco2)OC(=S)CCCOCCOCCC)c1=O. The van der Waals surface area contributed by atoms with Gasteiger partial charge in [-0.25, -0.2) is 56.2 Å². The van der Waals surface area contributed by atoms with Crippen molar-refractivity contribution in [1.29, 1.82) is 0 Å². The molecule has 3 aliphatic carbocycles. The van der Waals surface area contributed by atoms with Gasteiger partial charge in [-0.05, 0) is 187 Å². The molecule has 0 bridgehead atoms. The zero-order chi connectivity index (χ0) is 99.2. The summed E-state index contributed by atoms with van der Waals surface area (Å²) in [6.45, 7) is 13.8. The Morgan fingerprint density at radius 1 is 0.336 bits per heavy atom. The van der Waals surface area contributed by atoms with E-state index >= 15 is 0 Å². The lowest BCUT2D eigenvalue weighted by molar-refractivity contribution is -0.115. The van der Waals surface area contributed by atoms with Gasteiger partial charge >= 0.3 is 34.1 Å². The van der Waals surface area contributed by atoms with Crippen LogP contribution in [-0.4, -0.2) is 226 Å².